The fraction of sp³-hybridized carbons (Fsp3) is 0.833. The van der Waals surface area contributed by atoms with Gasteiger partial charge in [0.05, 0.1) is 5.69 Å². The number of nitrogens with one attached hydrogen (secondary N) is 1. The standard InChI is InChI=1S/C12H23N2P/c1-2-3-4-5-6-7-8-9-10-12-11-13-15-14-12/h11H,2-10H2,1H3,(H,13,14). The van der Waals surface area contributed by atoms with Crippen LogP contribution < -0.4 is 0 Å². The topological polar surface area (TPSA) is 28.7 Å². The molecule has 3 heteroatoms. The van der Waals surface area contributed by atoms with Gasteiger partial charge in [0.1, 0.15) is 8.51 Å². The maximum absolute atomic E-state index is 4.32. The summed E-state index contributed by atoms with van der Waals surface area (Å²) in [7, 11) is 1.01. The molecule has 15 heavy (non-hydrogen) atoms. The third kappa shape index (κ3) is 6.67. The Hall–Kier alpha value is -0.360. The molecule has 0 aromatic carbocycles. The minimum atomic E-state index is 1.01. The third-order valence-electron chi connectivity index (χ3n) is 2.75. The molecule has 0 fully saturated rings. The van der Waals surface area contributed by atoms with E-state index in [1.807, 2.05) is 6.20 Å². The van der Waals surface area contributed by atoms with Gasteiger partial charge < -0.3 is 4.75 Å². The van der Waals surface area contributed by atoms with E-state index >= 15 is 0 Å². The molecule has 0 aliphatic carbocycles. The van der Waals surface area contributed by atoms with Crippen molar-refractivity contribution < 1.29 is 0 Å². The maximum atomic E-state index is 4.32. The summed E-state index contributed by atoms with van der Waals surface area (Å²) in [6.45, 7) is 2.27. The molecule has 0 unspecified atom stereocenters. The predicted molar refractivity (Wildman–Crippen MR) is 67.4 cm³/mol. The summed E-state index contributed by atoms with van der Waals surface area (Å²) in [6, 6.07) is 0. The highest BCUT2D eigenvalue weighted by atomic mass is 31.1. The summed E-state index contributed by atoms with van der Waals surface area (Å²) in [5, 5.41) is 0. The quantitative estimate of drug-likeness (QED) is 0.609. The van der Waals surface area contributed by atoms with E-state index < -0.39 is 0 Å². The minimum absolute atomic E-state index is 1.01. The normalized spacial score (nSPS) is 11.3. The number of unbranched alkanes of at least 4 members (excludes halogenated alkanes) is 7. The highest BCUT2D eigenvalue weighted by Crippen LogP contribution is 2.10. The Balaban J connectivity index is 1.81. The molecule has 0 aliphatic rings. The van der Waals surface area contributed by atoms with Gasteiger partial charge in [0, 0.05) is 6.20 Å². The first-order valence-electron chi connectivity index (χ1n) is 6.29. The van der Waals surface area contributed by atoms with E-state index in [9.17, 15) is 0 Å². The van der Waals surface area contributed by atoms with Crippen molar-refractivity contribution in [2.45, 2.75) is 64.7 Å². The molecule has 0 atom stereocenters. The second-order valence-electron chi connectivity index (χ2n) is 4.19. The number of aryl methyl sites for hydroxylation is 1. The van der Waals surface area contributed by atoms with Crippen molar-refractivity contribution in [3.8, 4) is 0 Å². The van der Waals surface area contributed by atoms with Crippen molar-refractivity contribution in [2.75, 3.05) is 0 Å². The molecule has 1 rings (SSSR count). The largest absolute Gasteiger partial charge is 0.328 e. The molecule has 1 aromatic rings. The van der Waals surface area contributed by atoms with Crippen molar-refractivity contribution in [1.29, 1.82) is 0 Å². The summed E-state index contributed by atoms with van der Waals surface area (Å²) >= 11 is 0. The van der Waals surface area contributed by atoms with Crippen LogP contribution in [0.1, 0.15) is 64.0 Å². The van der Waals surface area contributed by atoms with Gasteiger partial charge >= 0.3 is 0 Å². The van der Waals surface area contributed by atoms with Gasteiger partial charge in [-0.05, 0) is 12.8 Å². The fourth-order valence-corrected chi connectivity index (χ4v) is 2.34. The van der Waals surface area contributed by atoms with Gasteiger partial charge in [-0.15, -0.1) is 0 Å². The Labute approximate surface area is 95.1 Å². The van der Waals surface area contributed by atoms with E-state index in [1.165, 1.54) is 57.1 Å². The summed E-state index contributed by atoms with van der Waals surface area (Å²) in [4.78, 5) is 0. The molecule has 86 valence electrons. The molecule has 0 bridgehead atoms. The first kappa shape index (κ1) is 12.7. The molecular formula is C12H23N2P. The Morgan fingerprint density at radius 2 is 1.73 bits per heavy atom. The first-order valence-corrected chi connectivity index (χ1v) is 7.13. The van der Waals surface area contributed by atoms with Crippen LogP contribution in [0.4, 0.5) is 0 Å². The number of rotatable bonds is 9. The first-order chi connectivity index (χ1) is 7.43. The lowest BCUT2D eigenvalue weighted by atomic mass is 10.1. The Morgan fingerprint density at radius 1 is 1.07 bits per heavy atom. The van der Waals surface area contributed by atoms with Crippen LogP contribution in [0.2, 0.25) is 0 Å². The summed E-state index contributed by atoms with van der Waals surface area (Å²) in [6.07, 6.45) is 14.3. The minimum Gasteiger partial charge on any atom is -0.328 e. The Kier molecular flexibility index (Phi) is 7.55. The number of hydrogen-bond donors (Lipinski definition) is 1. The monoisotopic (exact) mass is 226 g/mol. The summed E-state index contributed by atoms with van der Waals surface area (Å²) < 4.78 is 7.41. The van der Waals surface area contributed by atoms with E-state index in [0.29, 0.717) is 0 Å². The molecule has 0 radical (unpaired) electrons. The molecule has 2 nitrogen and oxygen atoms in total. The van der Waals surface area contributed by atoms with E-state index in [-0.39, 0.29) is 0 Å². The Morgan fingerprint density at radius 3 is 2.33 bits per heavy atom. The molecule has 0 spiro atoms. The molecule has 1 aromatic heterocycles. The van der Waals surface area contributed by atoms with Crippen molar-refractivity contribution in [1.82, 2.24) is 9.49 Å². The van der Waals surface area contributed by atoms with Gasteiger partial charge in [-0.25, -0.2) is 4.75 Å². The number of H-pyrrole nitrogens is 1. The Bertz CT molecular complexity index is 222. The van der Waals surface area contributed by atoms with Crippen LogP contribution in [0.15, 0.2) is 6.20 Å². The van der Waals surface area contributed by atoms with E-state index in [2.05, 4.69) is 16.4 Å². The molecule has 1 N–H and O–H groups in total. The van der Waals surface area contributed by atoms with Crippen molar-refractivity contribution in [3.63, 3.8) is 0 Å². The molecule has 0 saturated heterocycles. The average Bonchev–Trinajstić information content (AvgIpc) is 2.75. The molecule has 0 saturated carbocycles. The van der Waals surface area contributed by atoms with Crippen molar-refractivity contribution >= 4 is 8.51 Å². The van der Waals surface area contributed by atoms with Gasteiger partial charge in [-0.1, -0.05) is 51.9 Å². The fourth-order valence-electron chi connectivity index (χ4n) is 1.79. The lowest BCUT2D eigenvalue weighted by Gasteiger charge is -2.00. The molecular weight excluding hydrogens is 203 g/mol. The number of aromatic nitrogens is 2. The van der Waals surface area contributed by atoms with Crippen LogP contribution >= 0.6 is 8.51 Å². The molecule has 0 amide bonds. The van der Waals surface area contributed by atoms with Crippen LogP contribution in [-0.4, -0.2) is 9.49 Å². The van der Waals surface area contributed by atoms with E-state index in [1.54, 1.807) is 0 Å². The maximum Gasteiger partial charge on any atom is 0.129 e. The SMILES string of the molecule is CCCCCCCCCCc1c[nH]pn1. The summed E-state index contributed by atoms with van der Waals surface area (Å²) in [5.41, 5.74) is 1.25. The highest BCUT2D eigenvalue weighted by Gasteiger charge is 1.95. The van der Waals surface area contributed by atoms with Gasteiger partial charge in [0.2, 0.25) is 0 Å². The lowest BCUT2D eigenvalue weighted by Crippen LogP contribution is -1.85. The van der Waals surface area contributed by atoms with Crippen molar-refractivity contribution in [3.05, 3.63) is 11.9 Å². The number of nitrogens with zero attached hydrogens (tertiary/aromatic N) is 1. The average molecular weight is 226 g/mol. The smallest absolute Gasteiger partial charge is 0.129 e. The van der Waals surface area contributed by atoms with Gasteiger partial charge in [-0.3, -0.25) is 0 Å². The van der Waals surface area contributed by atoms with Gasteiger partial charge in [0.15, 0.2) is 0 Å². The van der Waals surface area contributed by atoms with Crippen LogP contribution in [0.5, 0.6) is 0 Å². The second kappa shape index (κ2) is 8.91. The zero-order valence-corrected chi connectivity index (χ0v) is 10.7. The summed E-state index contributed by atoms with van der Waals surface area (Å²) in [5.74, 6) is 0. The van der Waals surface area contributed by atoms with E-state index in [4.69, 9.17) is 0 Å². The van der Waals surface area contributed by atoms with Crippen LogP contribution in [-0.2, 0) is 6.42 Å². The van der Waals surface area contributed by atoms with Gasteiger partial charge in [0.25, 0.3) is 0 Å². The zero-order valence-electron chi connectivity index (χ0n) is 9.84. The van der Waals surface area contributed by atoms with Crippen molar-refractivity contribution in [2.24, 2.45) is 0 Å². The second-order valence-corrected chi connectivity index (χ2v) is 4.85. The highest BCUT2D eigenvalue weighted by molar-refractivity contribution is 7.20. The molecule has 0 aliphatic heterocycles. The van der Waals surface area contributed by atoms with Crippen LogP contribution in [0.3, 0.4) is 0 Å². The zero-order chi connectivity index (χ0) is 10.8. The third-order valence-corrected chi connectivity index (χ3v) is 3.36. The number of hydrogen-bond acceptors (Lipinski definition) is 1. The van der Waals surface area contributed by atoms with Crippen LogP contribution in [0.25, 0.3) is 0 Å². The number of aromatic amines is 1. The molecule has 1 heterocycles. The van der Waals surface area contributed by atoms with Gasteiger partial charge in [-0.2, -0.15) is 0 Å². The predicted octanol–water partition coefficient (Wildman–Crippen LogP) is 4.67. The van der Waals surface area contributed by atoms with E-state index in [0.717, 1.165) is 14.9 Å². The van der Waals surface area contributed by atoms with Crippen LogP contribution in [0, 0.1) is 0 Å². The lowest BCUT2D eigenvalue weighted by molar-refractivity contribution is 0.574.